The molecule has 8 heteroatoms. The highest BCUT2D eigenvalue weighted by Crippen LogP contribution is 2.25. The smallest absolute Gasteiger partial charge is 0.227 e. The lowest BCUT2D eigenvalue weighted by molar-refractivity contribution is 0.122. The van der Waals surface area contributed by atoms with Gasteiger partial charge in [-0.15, -0.1) is 0 Å². The zero-order valence-electron chi connectivity index (χ0n) is 18.0. The van der Waals surface area contributed by atoms with E-state index in [1.165, 1.54) is 5.69 Å². The first kappa shape index (κ1) is 20.1. The van der Waals surface area contributed by atoms with E-state index in [0.717, 1.165) is 61.2 Å². The fourth-order valence-electron chi connectivity index (χ4n) is 3.67. The summed E-state index contributed by atoms with van der Waals surface area (Å²) < 4.78 is 7.25. The van der Waals surface area contributed by atoms with E-state index in [2.05, 4.69) is 49.5 Å². The normalized spacial score (nSPS) is 13.8. The predicted molar refractivity (Wildman–Crippen MR) is 125 cm³/mol. The van der Waals surface area contributed by atoms with Crippen LogP contribution in [0.5, 0.6) is 0 Å². The third kappa shape index (κ3) is 4.45. The molecule has 0 amide bonds. The maximum absolute atomic E-state index is 5.47. The van der Waals surface area contributed by atoms with Gasteiger partial charge in [0.2, 0.25) is 5.95 Å². The molecule has 3 heterocycles. The van der Waals surface area contributed by atoms with E-state index in [4.69, 9.17) is 9.72 Å². The van der Waals surface area contributed by atoms with E-state index >= 15 is 0 Å². The van der Waals surface area contributed by atoms with Gasteiger partial charge in [0.05, 0.1) is 24.6 Å². The molecule has 2 aromatic heterocycles. The molecule has 5 rings (SSSR count). The van der Waals surface area contributed by atoms with Crippen LogP contribution >= 0.6 is 0 Å². The number of benzene rings is 2. The molecule has 1 N–H and O–H groups in total. The second-order valence-corrected chi connectivity index (χ2v) is 7.55. The molecular weight excluding hydrogens is 402 g/mol. The Morgan fingerprint density at radius 3 is 2.59 bits per heavy atom. The van der Waals surface area contributed by atoms with E-state index in [-0.39, 0.29) is 0 Å². The lowest BCUT2D eigenvalue weighted by atomic mass is 10.1. The number of hydrogen-bond donors (Lipinski definition) is 1. The fraction of sp³-hybridized carbons (Fsp3) is 0.250. The second-order valence-electron chi connectivity index (χ2n) is 7.55. The summed E-state index contributed by atoms with van der Waals surface area (Å²) in [7, 11) is 0. The lowest BCUT2D eigenvalue weighted by Gasteiger charge is -2.29. The summed E-state index contributed by atoms with van der Waals surface area (Å²) in [6.07, 6.45) is 4.33. The number of ether oxygens (including phenoxy) is 1. The fourth-order valence-corrected chi connectivity index (χ4v) is 3.67. The van der Waals surface area contributed by atoms with E-state index in [9.17, 15) is 0 Å². The van der Waals surface area contributed by atoms with Crippen molar-refractivity contribution in [3.63, 3.8) is 0 Å². The largest absolute Gasteiger partial charge is 0.378 e. The van der Waals surface area contributed by atoms with Crippen LogP contribution < -0.4 is 10.2 Å². The monoisotopic (exact) mass is 427 g/mol. The maximum Gasteiger partial charge on any atom is 0.227 e. The van der Waals surface area contributed by atoms with Gasteiger partial charge in [0, 0.05) is 42.6 Å². The van der Waals surface area contributed by atoms with Gasteiger partial charge in [-0.05, 0) is 42.5 Å². The minimum absolute atomic E-state index is 0.557. The van der Waals surface area contributed by atoms with Gasteiger partial charge in [0.1, 0.15) is 6.33 Å². The van der Waals surface area contributed by atoms with Crippen LogP contribution in [0.1, 0.15) is 12.7 Å². The van der Waals surface area contributed by atoms with Crippen molar-refractivity contribution in [3.05, 3.63) is 72.9 Å². The van der Waals surface area contributed by atoms with Crippen molar-refractivity contribution >= 4 is 17.3 Å². The van der Waals surface area contributed by atoms with Gasteiger partial charge < -0.3 is 15.0 Å². The first-order valence-electron chi connectivity index (χ1n) is 10.8. The summed E-state index contributed by atoms with van der Waals surface area (Å²) in [6.45, 7) is 5.39. The summed E-state index contributed by atoms with van der Waals surface area (Å²) >= 11 is 0. The highest BCUT2D eigenvalue weighted by Gasteiger charge is 2.12. The first-order valence-corrected chi connectivity index (χ1v) is 10.8. The summed E-state index contributed by atoms with van der Waals surface area (Å²) in [5.41, 5.74) is 4.99. The molecule has 162 valence electrons. The van der Waals surface area contributed by atoms with Crippen molar-refractivity contribution in [2.75, 3.05) is 36.5 Å². The Labute approximate surface area is 186 Å². The predicted octanol–water partition coefficient (Wildman–Crippen LogP) is 3.87. The first-order chi connectivity index (χ1) is 15.8. The third-order valence-corrected chi connectivity index (χ3v) is 5.42. The number of aromatic nitrogens is 5. The zero-order valence-corrected chi connectivity index (χ0v) is 18.0. The number of aryl methyl sites for hydroxylation is 1. The topological polar surface area (TPSA) is 81.0 Å². The average Bonchev–Trinajstić information content (AvgIpc) is 3.35. The molecule has 0 unspecified atom stereocenters. The van der Waals surface area contributed by atoms with Crippen LogP contribution in [0, 0.1) is 0 Å². The molecule has 1 saturated heterocycles. The summed E-state index contributed by atoms with van der Waals surface area (Å²) in [5, 5.41) is 7.74. The molecular formula is C24H25N7O. The van der Waals surface area contributed by atoms with Gasteiger partial charge in [-0.25, -0.2) is 19.6 Å². The zero-order chi connectivity index (χ0) is 21.8. The minimum Gasteiger partial charge on any atom is -0.378 e. The average molecular weight is 428 g/mol. The molecule has 8 nitrogen and oxygen atoms in total. The van der Waals surface area contributed by atoms with Gasteiger partial charge in [-0.1, -0.05) is 19.1 Å². The standard InChI is InChI=1S/C24H25N7O/c1-2-23-26-17-31(29-23)20-8-6-19(7-9-20)27-24-25-11-10-22(28-24)18-4-3-5-21(16-18)30-12-14-32-15-13-30/h3-11,16-17H,2,12-15H2,1H3,(H,25,27,28). The minimum atomic E-state index is 0.557. The van der Waals surface area contributed by atoms with Crippen molar-refractivity contribution in [2.24, 2.45) is 0 Å². The molecule has 0 aliphatic carbocycles. The van der Waals surface area contributed by atoms with Crippen molar-refractivity contribution in [2.45, 2.75) is 13.3 Å². The molecule has 0 radical (unpaired) electrons. The maximum atomic E-state index is 5.47. The van der Waals surface area contributed by atoms with Gasteiger partial charge in [0.25, 0.3) is 0 Å². The van der Waals surface area contributed by atoms with Gasteiger partial charge >= 0.3 is 0 Å². The van der Waals surface area contributed by atoms with Crippen LogP contribution in [-0.2, 0) is 11.2 Å². The van der Waals surface area contributed by atoms with Gasteiger partial charge in [-0.3, -0.25) is 0 Å². The van der Waals surface area contributed by atoms with E-state index in [0.29, 0.717) is 5.95 Å². The van der Waals surface area contributed by atoms with Gasteiger partial charge in [-0.2, -0.15) is 5.10 Å². The summed E-state index contributed by atoms with van der Waals surface area (Å²) in [6, 6.07) is 18.3. The van der Waals surface area contributed by atoms with Crippen LogP contribution in [0.3, 0.4) is 0 Å². The third-order valence-electron chi connectivity index (χ3n) is 5.42. The van der Waals surface area contributed by atoms with Crippen LogP contribution in [0.2, 0.25) is 0 Å². The highest BCUT2D eigenvalue weighted by molar-refractivity contribution is 5.67. The van der Waals surface area contributed by atoms with Gasteiger partial charge in [0.15, 0.2) is 5.82 Å². The number of nitrogens with one attached hydrogen (secondary N) is 1. The molecule has 4 aromatic rings. The number of nitrogens with zero attached hydrogens (tertiary/aromatic N) is 6. The van der Waals surface area contributed by atoms with E-state index < -0.39 is 0 Å². The van der Waals surface area contributed by atoms with Crippen molar-refractivity contribution in [3.8, 4) is 16.9 Å². The SMILES string of the molecule is CCc1ncn(-c2ccc(Nc3nccc(-c4cccc(N5CCOCC5)c4)n3)cc2)n1. The number of anilines is 3. The van der Waals surface area contributed by atoms with E-state index in [1.807, 2.05) is 37.3 Å². The Hall–Kier alpha value is -3.78. The summed E-state index contributed by atoms with van der Waals surface area (Å²) in [5.74, 6) is 1.39. The van der Waals surface area contributed by atoms with Crippen LogP contribution in [0.25, 0.3) is 16.9 Å². The number of hydrogen-bond acceptors (Lipinski definition) is 7. The molecule has 0 bridgehead atoms. The van der Waals surface area contributed by atoms with Crippen LogP contribution in [0.4, 0.5) is 17.3 Å². The van der Waals surface area contributed by atoms with Crippen molar-refractivity contribution in [1.29, 1.82) is 0 Å². The second kappa shape index (κ2) is 9.15. The van der Waals surface area contributed by atoms with Crippen molar-refractivity contribution in [1.82, 2.24) is 24.7 Å². The van der Waals surface area contributed by atoms with E-state index in [1.54, 1.807) is 17.2 Å². The van der Waals surface area contributed by atoms with Crippen molar-refractivity contribution < 1.29 is 4.74 Å². The Morgan fingerprint density at radius 1 is 0.969 bits per heavy atom. The number of morpholine rings is 1. The molecule has 1 aliphatic heterocycles. The molecule has 1 aliphatic rings. The van der Waals surface area contributed by atoms with Crippen LogP contribution in [-0.4, -0.2) is 51.0 Å². The Bertz CT molecular complexity index is 1180. The number of rotatable bonds is 6. The Kier molecular flexibility index (Phi) is 5.76. The quantitative estimate of drug-likeness (QED) is 0.500. The molecule has 0 atom stereocenters. The Morgan fingerprint density at radius 2 is 1.81 bits per heavy atom. The molecule has 32 heavy (non-hydrogen) atoms. The van der Waals surface area contributed by atoms with Crippen LogP contribution in [0.15, 0.2) is 67.1 Å². The molecule has 1 fully saturated rings. The lowest BCUT2D eigenvalue weighted by Crippen LogP contribution is -2.36. The molecule has 0 saturated carbocycles. The molecule has 2 aromatic carbocycles. The molecule has 0 spiro atoms. The highest BCUT2D eigenvalue weighted by atomic mass is 16.5. The Balaban J connectivity index is 1.32. The summed E-state index contributed by atoms with van der Waals surface area (Å²) in [4.78, 5) is 15.7.